The van der Waals surface area contributed by atoms with E-state index in [0.29, 0.717) is 6.54 Å². The number of amides is 1. The molecule has 1 aliphatic rings. The Labute approximate surface area is 147 Å². The zero-order valence-electron chi connectivity index (χ0n) is 14.8. The number of nitrogens with one attached hydrogen (secondary N) is 1. The van der Waals surface area contributed by atoms with Crippen molar-refractivity contribution in [2.75, 3.05) is 11.4 Å². The first kappa shape index (κ1) is 15.8. The highest BCUT2D eigenvalue weighted by Crippen LogP contribution is 2.43. The van der Waals surface area contributed by atoms with Crippen molar-refractivity contribution in [3.63, 3.8) is 0 Å². The van der Waals surface area contributed by atoms with Crippen LogP contribution < -0.4 is 4.90 Å². The molecular weight excluding hydrogens is 312 g/mol. The van der Waals surface area contributed by atoms with Gasteiger partial charge in [-0.25, -0.2) is 4.98 Å². The molecule has 0 saturated carbocycles. The van der Waals surface area contributed by atoms with Gasteiger partial charge in [0.05, 0.1) is 22.1 Å². The number of anilines is 1. The number of carbonyl (C=O) groups excluding carboxylic acids is 1. The van der Waals surface area contributed by atoms with E-state index in [4.69, 9.17) is 4.98 Å². The summed E-state index contributed by atoms with van der Waals surface area (Å²) in [6.45, 7) is 6.69. The number of aromatic amines is 1. The summed E-state index contributed by atoms with van der Waals surface area (Å²) in [5.74, 6) is 1.14. The highest BCUT2D eigenvalue weighted by Gasteiger charge is 2.43. The number of H-pyrrole nitrogens is 1. The van der Waals surface area contributed by atoms with Gasteiger partial charge in [0.2, 0.25) is 5.91 Å². The molecule has 25 heavy (non-hydrogen) atoms. The highest BCUT2D eigenvalue weighted by atomic mass is 16.2. The van der Waals surface area contributed by atoms with E-state index in [2.05, 4.69) is 16.0 Å². The lowest BCUT2D eigenvalue weighted by Gasteiger charge is -2.18. The van der Waals surface area contributed by atoms with Gasteiger partial charge in [0, 0.05) is 25.4 Å². The normalized spacial score (nSPS) is 15.8. The van der Waals surface area contributed by atoms with Crippen LogP contribution in [0.4, 0.5) is 5.69 Å². The van der Waals surface area contributed by atoms with Crippen molar-refractivity contribution < 1.29 is 4.79 Å². The Balaban J connectivity index is 1.68. The van der Waals surface area contributed by atoms with Crippen molar-refractivity contribution in [1.82, 2.24) is 15.0 Å². The van der Waals surface area contributed by atoms with Gasteiger partial charge in [-0.2, -0.15) is 0 Å². The van der Waals surface area contributed by atoms with Crippen LogP contribution in [0.2, 0.25) is 0 Å². The molecule has 3 aromatic rings. The molecule has 1 amide bonds. The molecule has 0 unspecified atom stereocenters. The zero-order valence-corrected chi connectivity index (χ0v) is 14.8. The van der Waals surface area contributed by atoms with E-state index in [1.807, 2.05) is 56.3 Å². The first-order valence-electron chi connectivity index (χ1n) is 8.74. The molecule has 3 heterocycles. The van der Waals surface area contributed by atoms with Crippen molar-refractivity contribution in [2.45, 2.75) is 39.0 Å². The number of hydrogen-bond acceptors (Lipinski definition) is 3. The number of imidazole rings is 1. The summed E-state index contributed by atoms with van der Waals surface area (Å²) < 4.78 is 0. The molecule has 0 saturated heterocycles. The molecule has 128 valence electrons. The van der Waals surface area contributed by atoms with Crippen molar-refractivity contribution in [3.05, 3.63) is 53.6 Å². The molecule has 1 aromatic carbocycles. The van der Waals surface area contributed by atoms with E-state index in [1.54, 1.807) is 0 Å². The summed E-state index contributed by atoms with van der Waals surface area (Å²) in [6.07, 6.45) is 5.41. The quantitative estimate of drug-likeness (QED) is 0.795. The van der Waals surface area contributed by atoms with Crippen LogP contribution in [0, 0.1) is 0 Å². The minimum absolute atomic E-state index is 0.163. The zero-order chi connectivity index (χ0) is 17.6. The van der Waals surface area contributed by atoms with Gasteiger partial charge in [0.15, 0.2) is 0 Å². The number of rotatable bonds is 4. The van der Waals surface area contributed by atoms with E-state index < -0.39 is 5.41 Å². The predicted molar refractivity (Wildman–Crippen MR) is 98.8 cm³/mol. The van der Waals surface area contributed by atoms with Gasteiger partial charge in [0.25, 0.3) is 0 Å². The molecule has 2 aromatic heterocycles. The van der Waals surface area contributed by atoms with Gasteiger partial charge in [0.1, 0.15) is 5.82 Å². The monoisotopic (exact) mass is 334 g/mol. The van der Waals surface area contributed by atoms with Gasteiger partial charge in [-0.05, 0) is 62.6 Å². The smallest absolute Gasteiger partial charge is 0.237 e. The fraction of sp³-hybridized carbons (Fsp3) is 0.350. The molecule has 5 heteroatoms. The summed E-state index contributed by atoms with van der Waals surface area (Å²) >= 11 is 0. The lowest BCUT2D eigenvalue weighted by Crippen LogP contribution is -2.35. The van der Waals surface area contributed by atoms with Crippen LogP contribution in [0.1, 0.15) is 37.7 Å². The molecule has 0 radical (unpaired) electrons. The number of aryl methyl sites for hydroxylation is 2. The standard InChI is InChI=1S/C20H22N4O/c1-4-24-17-12-16-15(11-14(17)20(2,3)19(24)25)22-18(23-16)6-5-13-7-9-21-10-8-13/h7-12H,4-6H2,1-3H3,(H,22,23). The van der Waals surface area contributed by atoms with Gasteiger partial charge >= 0.3 is 0 Å². The second-order valence-electron chi connectivity index (χ2n) is 7.10. The van der Waals surface area contributed by atoms with E-state index >= 15 is 0 Å². The number of likely N-dealkylation sites (N-methyl/N-ethyl adjacent to an activating group) is 1. The van der Waals surface area contributed by atoms with Gasteiger partial charge < -0.3 is 9.88 Å². The van der Waals surface area contributed by atoms with Crippen LogP contribution in [0.15, 0.2) is 36.7 Å². The Bertz CT molecular complexity index is 943. The highest BCUT2D eigenvalue weighted by molar-refractivity contribution is 6.09. The van der Waals surface area contributed by atoms with E-state index in [1.165, 1.54) is 5.56 Å². The summed E-state index contributed by atoms with van der Waals surface area (Å²) in [5.41, 5.74) is 4.77. The molecule has 0 spiro atoms. The molecule has 4 rings (SSSR count). The van der Waals surface area contributed by atoms with Crippen molar-refractivity contribution in [1.29, 1.82) is 0 Å². The average Bonchev–Trinajstić information content (AvgIpc) is 3.09. The lowest BCUT2D eigenvalue weighted by atomic mass is 9.86. The van der Waals surface area contributed by atoms with Crippen LogP contribution >= 0.6 is 0 Å². The topological polar surface area (TPSA) is 61.9 Å². The molecule has 0 aliphatic carbocycles. The number of aromatic nitrogens is 3. The van der Waals surface area contributed by atoms with Crippen LogP contribution in [0.3, 0.4) is 0 Å². The third-order valence-corrected chi connectivity index (χ3v) is 5.11. The second kappa shape index (κ2) is 5.69. The summed E-state index contributed by atoms with van der Waals surface area (Å²) in [5, 5.41) is 0. The molecule has 5 nitrogen and oxygen atoms in total. The second-order valence-corrected chi connectivity index (χ2v) is 7.10. The minimum Gasteiger partial charge on any atom is -0.342 e. The maximum absolute atomic E-state index is 12.6. The Kier molecular flexibility index (Phi) is 3.60. The Morgan fingerprint density at radius 2 is 1.92 bits per heavy atom. The average molecular weight is 334 g/mol. The van der Waals surface area contributed by atoms with Crippen LogP contribution in [-0.4, -0.2) is 27.4 Å². The molecule has 1 N–H and O–H groups in total. The third kappa shape index (κ3) is 2.51. The maximum atomic E-state index is 12.6. The number of fused-ring (bicyclic) bond motifs is 2. The number of carbonyl (C=O) groups is 1. The Hall–Kier alpha value is -2.69. The lowest BCUT2D eigenvalue weighted by molar-refractivity contribution is -0.122. The Morgan fingerprint density at radius 1 is 1.16 bits per heavy atom. The summed E-state index contributed by atoms with van der Waals surface area (Å²) in [6, 6.07) is 8.21. The van der Waals surface area contributed by atoms with Gasteiger partial charge in [-0.1, -0.05) is 0 Å². The Morgan fingerprint density at radius 3 is 2.64 bits per heavy atom. The van der Waals surface area contributed by atoms with Crippen LogP contribution in [0.25, 0.3) is 11.0 Å². The third-order valence-electron chi connectivity index (χ3n) is 5.11. The maximum Gasteiger partial charge on any atom is 0.237 e. The molecule has 1 aliphatic heterocycles. The van der Waals surface area contributed by atoms with Crippen molar-refractivity contribution in [3.8, 4) is 0 Å². The van der Waals surface area contributed by atoms with E-state index in [-0.39, 0.29) is 5.91 Å². The minimum atomic E-state index is -0.484. The largest absolute Gasteiger partial charge is 0.342 e. The van der Waals surface area contributed by atoms with Gasteiger partial charge in [-0.3, -0.25) is 9.78 Å². The molecule has 0 bridgehead atoms. The molecule has 0 atom stereocenters. The first-order chi connectivity index (χ1) is 12.0. The number of pyridine rings is 1. The number of hydrogen-bond donors (Lipinski definition) is 1. The fourth-order valence-corrected chi connectivity index (χ4v) is 3.63. The number of benzene rings is 1. The van der Waals surface area contributed by atoms with Crippen LogP contribution in [-0.2, 0) is 23.1 Å². The first-order valence-corrected chi connectivity index (χ1v) is 8.74. The molecular formula is C20H22N4O. The van der Waals surface area contributed by atoms with Gasteiger partial charge in [-0.15, -0.1) is 0 Å². The summed E-state index contributed by atoms with van der Waals surface area (Å²) in [7, 11) is 0. The van der Waals surface area contributed by atoms with E-state index in [9.17, 15) is 4.79 Å². The van der Waals surface area contributed by atoms with Crippen LogP contribution in [0.5, 0.6) is 0 Å². The summed E-state index contributed by atoms with van der Waals surface area (Å²) in [4.78, 5) is 26.7. The van der Waals surface area contributed by atoms with E-state index in [0.717, 1.165) is 41.0 Å². The number of nitrogens with zero attached hydrogens (tertiary/aromatic N) is 3. The van der Waals surface area contributed by atoms with Crippen molar-refractivity contribution >= 4 is 22.6 Å². The fourth-order valence-electron chi connectivity index (χ4n) is 3.63. The predicted octanol–water partition coefficient (Wildman–Crippen LogP) is 3.39. The van der Waals surface area contributed by atoms with Crippen molar-refractivity contribution in [2.24, 2.45) is 0 Å². The SMILES string of the molecule is CCN1C(=O)C(C)(C)c2cc3[nH]c(CCc4ccncc4)nc3cc21. The molecule has 0 fully saturated rings.